The molecule has 0 aliphatic heterocycles. The quantitative estimate of drug-likeness (QED) is 0.445. The van der Waals surface area contributed by atoms with Gasteiger partial charge in [0.1, 0.15) is 28.2 Å². The Labute approximate surface area is 171 Å². The van der Waals surface area contributed by atoms with Crippen LogP contribution in [0.1, 0.15) is 31.1 Å². The van der Waals surface area contributed by atoms with Crippen LogP contribution < -0.4 is 16.0 Å². The second-order valence-corrected chi connectivity index (χ2v) is 7.81. The van der Waals surface area contributed by atoms with Gasteiger partial charge in [-0.3, -0.25) is 4.79 Å². The van der Waals surface area contributed by atoms with Crippen LogP contribution in [0.2, 0.25) is 0 Å². The predicted octanol–water partition coefficient (Wildman–Crippen LogP) is 3.10. The molecule has 10 heteroatoms. The molecule has 0 saturated heterocycles. The maximum Gasteiger partial charge on any atom is 0.255 e. The van der Waals surface area contributed by atoms with Crippen molar-refractivity contribution in [2.24, 2.45) is 0 Å². The molecular weight excluding hydrogens is 395 g/mol. The van der Waals surface area contributed by atoms with Gasteiger partial charge in [0, 0.05) is 18.8 Å². The van der Waals surface area contributed by atoms with Crippen molar-refractivity contribution in [2.75, 3.05) is 23.7 Å². The second kappa shape index (κ2) is 8.66. The van der Waals surface area contributed by atoms with E-state index in [1.807, 2.05) is 13.0 Å². The average Bonchev–Trinajstić information content (AvgIpc) is 3.13. The minimum atomic E-state index is -1.59. The molecule has 8 nitrogen and oxygen atoms in total. The van der Waals surface area contributed by atoms with Gasteiger partial charge in [-0.15, -0.1) is 11.3 Å². The van der Waals surface area contributed by atoms with Gasteiger partial charge in [-0.2, -0.15) is 0 Å². The predicted molar refractivity (Wildman–Crippen MR) is 113 cm³/mol. The highest BCUT2D eigenvalue weighted by Gasteiger charge is 2.27. The highest BCUT2D eigenvalue weighted by Crippen LogP contribution is 2.23. The van der Waals surface area contributed by atoms with Gasteiger partial charge in [0.15, 0.2) is 0 Å². The van der Waals surface area contributed by atoms with Gasteiger partial charge >= 0.3 is 0 Å². The Bertz CT molecular complexity index is 1000. The summed E-state index contributed by atoms with van der Waals surface area (Å²) in [6, 6.07) is 5.36. The average molecular weight is 418 g/mol. The van der Waals surface area contributed by atoms with E-state index in [1.54, 1.807) is 17.6 Å². The number of aromatic nitrogens is 3. The SMILES string of the molecule is CCNc1cc(Nc2ccc3ncsc3n2)ncc1C(=O)NC[C@@H](F)C(C)(C)O. The summed E-state index contributed by atoms with van der Waals surface area (Å²) in [6.45, 7) is 4.90. The largest absolute Gasteiger partial charge is 0.387 e. The maximum atomic E-state index is 13.9. The molecule has 154 valence electrons. The van der Waals surface area contributed by atoms with E-state index < -0.39 is 17.7 Å². The topological polar surface area (TPSA) is 112 Å². The van der Waals surface area contributed by atoms with Crippen LogP contribution in [0.3, 0.4) is 0 Å². The first-order chi connectivity index (χ1) is 13.8. The highest BCUT2D eigenvalue weighted by atomic mass is 32.1. The molecule has 29 heavy (non-hydrogen) atoms. The van der Waals surface area contributed by atoms with Crippen molar-refractivity contribution in [3.8, 4) is 0 Å². The van der Waals surface area contributed by atoms with Crippen molar-refractivity contribution in [2.45, 2.75) is 32.5 Å². The molecule has 0 saturated carbocycles. The van der Waals surface area contributed by atoms with Gasteiger partial charge in [0.05, 0.1) is 28.9 Å². The maximum absolute atomic E-state index is 13.9. The van der Waals surface area contributed by atoms with Gasteiger partial charge in [-0.25, -0.2) is 19.3 Å². The number of hydrogen-bond acceptors (Lipinski definition) is 8. The van der Waals surface area contributed by atoms with E-state index in [9.17, 15) is 14.3 Å². The molecule has 4 N–H and O–H groups in total. The fourth-order valence-electron chi connectivity index (χ4n) is 2.52. The Balaban J connectivity index is 1.76. The number of thiazole rings is 1. The van der Waals surface area contributed by atoms with Crippen molar-refractivity contribution in [1.82, 2.24) is 20.3 Å². The van der Waals surface area contributed by atoms with Crippen molar-refractivity contribution in [1.29, 1.82) is 0 Å². The zero-order valence-electron chi connectivity index (χ0n) is 16.4. The van der Waals surface area contributed by atoms with Gasteiger partial charge in [-0.05, 0) is 32.9 Å². The summed E-state index contributed by atoms with van der Waals surface area (Å²) in [5, 5.41) is 18.4. The highest BCUT2D eigenvalue weighted by molar-refractivity contribution is 7.16. The minimum Gasteiger partial charge on any atom is -0.387 e. The Morgan fingerprint density at radius 2 is 2.10 bits per heavy atom. The third kappa shape index (κ3) is 5.15. The van der Waals surface area contributed by atoms with Crippen LogP contribution in [0, 0.1) is 0 Å². The number of nitrogens with zero attached hydrogens (tertiary/aromatic N) is 3. The van der Waals surface area contributed by atoms with Crippen molar-refractivity contribution in [3.63, 3.8) is 0 Å². The summed E-state index contributed by atoms with van der Waals surface area (Å²) in [5.41, 5.74) is 1.86. The number of halogens is 1. The molecule has 3 aromatic rings. The van der Waals surface area contributed by atoms with Crippen molar-refractivity contribution >= 4 is 44.9 Å². The number of aliphatic hydroxyl groups is 1. The molecule has 0 spiro atoms. The lowest BCUT2D eigenvalue weighted by Gasteiger charge is -2.22. The summed E-state index contributed by atoms with van der Waals surface area (Å²) < 4.78 is 13.9. The first-order valence-corrected chi connectivity index (χ1v) is 10.0. The molecule has 1 atom stereocenters. The number of pyridine rings is 2. The van der Waals surface area contributed by atoms with Crippen molar-refractivity contribution in [3.05, 3.63) is 35.5 Å². The number of alkyl halides is 1. The molecule has 3 rings (SSSR count). The van der Waals surface area contributed by atoms with E-state index in [0.29, 0.717) is 23.9 Å². The Morgan fingerprint density at radius 3 is 2.83 bits per heavy atom. The monoisotopic (exact) mass is 418 g/mol. The molecule has 0 fully saturated rings. The number of anilines is 3. The summed E-state index contributed by atoms with van der Waals surface area (Å²) in [5.74, 6) is 0.643. The number of rotatable bonds is 8. The van der Waals surface area contributed by atoms with Crippen LogP contribution >= 0.6 is 11.3 Å². The molecule has 0 aromatic carbocycles. The summed E-state index contributed by atoms with van der Waals surface area (Å²) in [4.78, 5) is 26.2. The number of carbonyl (C=O) groups excluding carboxylic acids is 1. The van der Waals surface area contributed by atoms with E-state index in [4.69, 9.17) is 0 Å². The third-order valence-electron chi connectivity index (χ3n) is 4.18. The third-order valence-corrected chi connectivity index (χ3v) is 4.91. The number of carbonyl (C=O) groups is 1. The Hall–Kier alpha value is -2.85. The molecule has 0 aliphatic carbocycles. The molecule has 1 amide bonds. The molecule has 0 aliphatic rings. The van der Waals surface area contributed by atoms with Crippen LogP contribution in [-0.4, -0.2) is 50.8 Å². The van der Waals surface area contributed by atoms with Gasteiger partial charge in [0.25, 0.3) is 5.91 Å². The minimum absolute atomic E-state index is 0.284. The fourth-order valence-corrected chi connectivity index (χ4v) is 3.18. The lowest BCUT2D eigenvalue weighted by molar-refractivity contribution is -0.00177. The Kier molecular flexibility index (Phi) is 6.23. The van der Waals surface area contributed by atoms with E-state index >= 15 is 0 Å². The zero-order valence-corrected chi connectivity index (χ0v) is 17.2. The number of fused-ring (bicyclic) bond motifs is 1. The zero-order chi connectivity index (χ0) is 21.0. The van der Waals surface area contributed by atoms with Gasteiger partial charge in [-0.1, -0.05) is 0 Å². The molecular formula is C19H23FN6O2S. The molecule has 0 unspecified atom stereocenters. The van der Waals surface area contributed by atoms with Gasteiger partial charge in [0.2, 0.25) is 0 Å². The Morgan fingerprint density at radius 1 is 1.31 bits per heavy atom. The molecule has 3 aromatic heterocycles. The second-order valence-electron chi connectivity index (χ2n) is 6.97. The molecule has 3 heterocycles. The smallest absolute Gasteiger partial charge is 0.255 e. The number of nitrogens with one attached hydrogen (secondary N) is 3. The lowest BCUT2D eigenvalue weighted by atomic mass is 10.0. The first kappa shape index (κ1) is 20.9. The molecule has 0 radical (unpaired) electrons. The first-order valence-electron chi connectivity index (χ1n) is 9.13. The molecule has 0 bridgehead atoms. The summed E-state index contributed by atoms with van der Waals surface area (Å²) in [7, 11) is 0. The van der Waals surface area contributed by atoms with Crippen LogP contribution in [0.15, 0.2) is 29.9 Å². The fraction of sp³-hybridized carbons (Fsp3) is 0.368. The van der Waals surface area contributed by atoms with E-state index in [0.717, 1.165) is 10.3 Å². The van der Waals surface area contributed by atoms with E-state index in [-0.39, 0.29) is 12.1 Å². The normalized spacial score (nSPS) is 12.6. The lowest BCUT2D eigenvalue weighted by Crippen LogP contribution is -2.42. The number of amides is 1. The van der Waals surface area contributed by atoms with E-state index in [2.05, 4.69) is 30.9 Å². The van der Waals surface area contributed by atoms with Crippen LogP contribution in [0.5, 0.6) is 0 Å². The number of hydrogen-bond donors (Lipinski definition) is 4. The van der Waals surface area contributed by atoms with Crippen molar-refractivity contribution < 1.29 is 14.3 Å². The van der Waals surface area contributed by atoms with Crippen LogP contribution in [0.25, 0.3) is 10.3 Å². The van der Waals surface area contributed by atoms with E-state index in [1.165, 1.54) is 31.4 Å². The van der Waals surface area contributed by atoms with Gasteiger partial charge < -0.3 is 21.1 Å². The standard InChI is InChI=1S/C19H23FN6O2S/c1-4-21-13-7-16(25-15-6-5-12-18(26-15)29-10-24-12)22-8-11(13)17(27)23-9-14(20)19(2,3)28/h5-8,10,14,28H,4,9H2,1-3H3,(H,23,27)(H2,21,22,25,26)/t14-/m1/s1. The van der Waals surface area contributed by atoms with Crippen LogP contribution in [0.4, 0.5) is 21.7 Å². The summed E-state index contributed by atoms with van der Waals surface area (Å²) in [6.07, 6.45) is -0.172. The van der Waals surface area contributed by atoms with Crippen LogP contribution in [-0.2, 0) is 0 Å². The summed E-state index contributed by atoms with van der Waals surface area (Å²) >= 11 is 1.44.